The molecular formula is C33H33N3O5. The van der Waals surface area contributed by atoms with Crippen LogP contribution >= 0.6 is 0 Å². The predicted molar refractivity (Wildman–Crippen MR) is 154 cm³/mol. The summed E-state index contributed by atoms with van der Waals surface area (Å²) in [5, 5.41) is 15.3. The molecule has 0 bridgehead atoms. The van der Waals surface area contributed by atoms with Crippen LogP contribution in [0.1, 0.15) is 35.4 Å². The van der Waals surface area contributed by atoms with Crippen LogP contribution in [0.15, 0.2) is 91.0 Å². The Balaban J connectivity index is 1.16. The number of alkyl carbamates (subject to hydrolysis) is 1. The topological polar surface area (TPSA) is 108 Å². The van der Waals surface area contributed by atoms with Crippen molar-refractivity contribution in [1.82, 2.24) is 15.5 Å². The van der Waals surface area contributed by atoms with Crippen molar-refractivity contribution in [3.63, 3.8) is 0 Å². The summed E-state index contributed by atoms with van der Waals surface area (Å²) < 4.78 is 5.81. The lowest BCUT2D eigenvalue weighted by atomic mass is 9.96. The van der Waals surface area contributed by atoms with Crippen molar-refractivity contribution in [3.8, 4) is 11.1 Å². The van der Waals surface area contributed by atoms with Gasteiger partial charge in [0, 0.05) is 31.6 Å². The highest BCUT2D eigenvalue weighted by Crippen LogP contribution is 2.44. The van der Waals surface area contributed by atoms with Gasteiger partial charge in [-0.1, -0.05) is 91.0 Å². The van der Waals surface area contributed by atoms with Gasteiger partial charge in [0.1, 0.15) is 12.1 Å². The third kappa shape index (κ3) is 5.47. The number of carbonyl (C=O) groups is 3. The van der Waals surface area contributed by atoms with E-state index >= 15 is 0 Å². The lowest BCUT2D eigenvalue weighted by molar-refractivity contribution is -0.140. The lowest BCUT2D eigenvalue weighted by Crippen LogP contribution is -2.61. The minimum atomic E-state index is -1.20. The van der Waals surface area contributed by atoms with Crippen molar-refractivity contribution in [2.75, 3.05) is 19.7 Å². The molecule has 3 aliphatic rings. The van der Waals surface area contributed by atoms with Gasteiger partial charge >= 0.3 is 12.1 Å². The van der Waals surface area contributed by atoms with Gasteiger partial charge in [-0.05, 0) is 40.7 Å². The zero-order chi connectivity index (χ0) is 28.4. The second kappa shape index (κ2) is 11.2. The van der Waals surface area contributed by atoms with Gasteiger partial charge in [-0.3, -0.25) is 14.5 Å². The molecule has 2 amide bonds. The fraction of sp³-hybridized carbons (Fsp3) is 0.303. The molecule has 0 aromatic heterocycles. The molecule has 3 aromatic rings. The van der Waals surface area contributed by atoms with Crippen molar-refractivity contribution in [1.29, 1.82) is 0 Å². The Morgan fingerprint density at radius 3 is 2.22 bits per heavy atom. The van der Waals surface area contributed by atoms with Crippen LogP contribution in [0.2, 0.25) is 0 Å². The van der Waals surface area contributed by atoms with Crippen molar-refractivity contribution < 1.29 is 24.2 Å². The second-order valence-electron chi connectivity index (χ2n) is 11.1. The molecule has 0 spiro atoms. The maximum absolute atomic E-state index is 13.7. The molecule has 41 heavy (non-hydrogen) atoms. The number of aliphatic carboxylic acids is 1. The zero-order valence-corrected chi connectivity index (χ0v) is 22.7. The number of hydrogen-bond donors (Lipinski definition) is 3. The predicted octanol–water partition coefficient (Wildman–Crippen LogP) is 4.32. The minimum Gasteiger partial charge on any atom is -0.481 e. The summed E-state index contributed by atoms with van der Waals surface area (Å²) in [4.78, 5) is 40.6. The van der Waals surface area contributed by atoms with E-state index in [1.54, 1.807) is 12.2 Å². The quantitative estimate of drug-likeness (QED) is 0.360. The number of rotatable bonds is 8. The van der Waals surface area contributed by atoms with Crippen LogP contribution in [-0.2, 0) is 20.9 Å². The number of amides is 2. The molecule has 1 heterocycles. The molecule has 8 nitrogen and oxygen atoms in total. The van der Waals surface area contributed by atoms with E-state index in [-0.39, 0.29) is 24.9 Å². The monoisotopic (exact) mass is 551 g/mol. The minimum absolute atomic E-state index is 0.0901. The third-order valence-corrected chi connectivity index (χ3v) is 8.43. The highest BCUT2D eigenvalue weighted by Gasteiger charge is 2.47. The Bertz CT molecular complexity index is 1440. The van der Waals surface area contributed by atoms with E-state index in [2.05, 4.69) is 39.8 Å². The number of carboxylic acid groups (broad SMARTS) is 1. The molecule has 3 aromatic carbocycles. The van der Waals surface area contributed by atoms with Gasteiger partial charge < -0.3 is 20.5 Å². The van der Waals surface area contributed by atoms with Crippen molar-refractivity contribution in [2.45, 2.75) is 36.9 Å². The van der Waals surface area contributed by atoms with Gasteiger partial charge in [-0.25, -0.2) is 4.79 Å². The highest BCUT2D eigenvalue weighted by atomic mass is 16.5. The Hall–Kier alpha value is -4.43. The van der Waals surface area contributed by atoms with E-state index in [1.807, 2.05) is 54.6 Å². The summed E-state index contributed by atoms with van der Waals surface area (Å²) in [5.41, 5.74) is 4.43. The van der Waals surface area contributed by atoms with E-state index < -0.39 is 29.6 Å². The molecule has 0 saturated carbocycles. The van der Waals surface area contributed by atoms with Crippen LogP contribution in [0, 0.1) is 5.92 Å². The largest absolute Gasteiger partial charge is 0.481 e. The van der Waals surface area contributed by atoms with Crippen molar-refractivity contribution in [2.24, 2.45) is 5.92 Å². The number of nitrogens with zero attached hydrogens (tertiary/aromatic N) is 1. The normalized spacial score (nSPS) is 23.1. The summed E-state index contributed by atoms with van der Waals surface area (Å²) in [6.45, 7) is 1.73. The molecule has 210 valence electrons. The molecule has 3 N–H and O–H groups in total. The molecule has 3 unspecified atom stereocenters. The van der Waals surface area contributed by atoms with Crippen molar-refractivity contribution in [3.05, 3.63) is 108 Å². The number of carboxylic acids is 1. The molecule has 1 aliphatic heterocycles. The lowest BCUT2D eigenvalue weighted by Gasteiger charge is -2.30. The molecule has 3 atom stereocenters. The van der Waals surface area contributed by atoms with Crippen LogP contribution in [0.3, 0.4) is 0 Å². The Labute approximate surface area is 239 Å². The zero-order valence-electron chi connectivity index (χ0n) is 22.7. The summed E-state index contributed by atoms with van der Waals surface area (Å²) in [7, 11) is 0. The second-order valence-corrected chi connectivity index (χ2v) is 11.1. The van der Waals surface area contributed by atoms with Gasteiger partial charge in [0.05, 0.1) is 5.92 Å². The van der Waals surface area contributed by atoms with Gasteiger partial charge in [0.15, 0.2) is 0 Å². The number of benzene rings is 3. The number of carbonyl (C=O) groups excluding carboxylic acids is 2. The Kier molecular flexibility index (Phi) is 7.32. The summed E-state index contributed by atoms with van der Waals surface area (Å²) in [5.74, 6) is -1.97. The SMILES string of the molecule is O=C(NC1(C(=O)NC2C=CC(C(=O)O)C2)CCN(Cc2ccccc2)C1)OCC1c2ccccc2-c2ccccc21. The smallest absolute Gasteiger partial charge is 0.408 e. The number of ether oxygens (including phenoxy) is 1. The van der Waals surface area contributed by atoms with E-state index in [0.29, 0.717) is 26.1 Å². The van der Waals surface area contributed by atoms with Crippen LogP contribution in [0.25, 0.3) is 11.1 Å². The molecular weight excluding hydrogens is 518 g/mol. The third-order valence-electron chi connectivity index (χ3n) is 8.43. The Morgan fingerprint density at radius 1 is 0.902 bits per heavy atom. The number of nitrogens with one attached hydrogen (secondary N) is 2. The van der Waals surface area contributed by atoms with Crippen LogP contribution in [0.5, 0.6) is 0 Å². The average Bonchev–Trinajstić information content (AvgIpc) is 3.69. The van der Waals surface area contributed by atoms with E-state index in [0.717, 1.165) is 27.8 Å². The maximum atomic E-state index is 13.7. The highest BCUT2D eigenvalue weighted by molar-refractivity contribution is 5.91. The van der Waals surface area contributed by atoms with Gasteiger partial charge in [0.2, 0.25) is 5.91 Å². The standard InChI is InChI=1S/C33H33N3O5/c37-30(38)23-14-15-24(18-23)34-31(39)33(16-17-36(21-33)19-22-8-2-1-3-9-22)35-32(40)41-20-29-27-12-6-4-10-25(27)26-11-5-7-13-28(26)29/h1-15,23-24,29H,16-21H2,(H,34,39)(H,35,40)(H,37,38). The fourth-order valence-electron chi connectivity index (χ4n) is 6.34. The molecule has 8 heteroatoms. The number of fused-ring (bicyclic) bond motifs is 3. The van der Waals surface area contributed by atoms with E-state index in [1.165, 1.54) is 0 Å². The summed E-state index contributed by atoms with van der Waals surface area (Å²) >= 11 is 0. The maximum Gasteiger partial charge on any atom is 0.408 e. The molecule has 2 aliphatic carbocycles. The van der Waals surface area contributed by atoms with Gasteiger partial charge in [-0.2, -0.15) is 0 Å². The first-order chi connectivity index (χ1) is 19.9. The molecule has 1 saturated heterocycles. The average molecular weight is 552 g/mol. The number of hydrogen-bond acceptors (Lipinski definition) is 5. The molecule has 0 radical (unpaired) electrons. The first kappa shape index (κ1) is 26.8. The first-order valence-corrected chi connectivity index (χ1v) is 14.0. The molecule has 1 fully saturated rings. The van der Waals surface area contributed by atoms with Crippen LogP contribution in [0.4, 0.5) is 4.79 Å². The summed E-state index contributed by atoms with van der Waals surface area (Å²) in [6, 6.07) is 25.9. The molecule has 6 rings (SSSR count). The fourth-order valence-corrected chi connectivity index (χ4v) is 6.34. The van der Waals surface area contributed by atoms with Crippen LogP contribution < -0.4 is 10.6 Å². The van der Waals surface area contributed by atoms with Gasteiger partial charge in [0.25, 0.3) is 0 Å². The van der Waals surface area contributed by atoms with Crippen LogP contribution in [-0.4, -0.2) is 59.3 Å². The number of likely N-dealkylation sites (tertiary alicyclic amines) is 1. The van der Waals surface area contributed by atoms with E-state index in [4.69, 9.17) is 4.74 Å². The van der Waals surface area contributed by atoms with Gasteiger partial charge in [-0.15, -0.1) is 0 Å². The first-order valence-electron chi connectivity index (χ1n) is 14.0. The Morgan fingerprint density at radius 2 is 1.56 bits per heavy atom. The summed E-state index contributed by atoms with van der Waals surface area (Å²) in [6.07, 6.45) is 3.38. The van der Waals surface area contributed by atoms with Crippen molar-refractivity contribution >= 4 is 18.0 Å². The van der Waals surface area contributed by atoms with E-state index in [9.17, 15) is 19.5 Å².